The van der Waals surface area contributed by atoms with Gasteiger partial charge in [0, 0.05) is 106 Å². The summed E-state index contributed by atoms with van der Waals surface area (Å²) < 4.78 is 35.3. The van der Waals surface area contributed by atoms with Crippen LogP contribution in [0.25, 0.3) is 0 Å². The first kappa shape index (κ1) is 107. The Hall–Kier alpha value is -7.15. The lowest BCUT2D eigenvalue weighted by atomic mass is 9.99. The van der Waals surface area contributed by atoms with Gasteiger partial charge in [-0.15, -0.1) is 0 Å². The standard InChI is InChI=1S/C19H18BrClO2.C18H18BrClO2.2C17H16BrClO2.C16H13Br2ClO2.C16H13BrCl2O2/c1-11-8-12(2)18(9-17(11)21)23-10-16-14(13-6-7-13)4-3-5-15(16)19(20)22;1-4-13-6-5-7-14(18(19)21)15(13)10-22-17-9-16(20)11(2)8-12(17)3;2*1-10-5-4-6-13(17(18)20)14(10)9-21-16-8-15(19)11(2)7-12(16)3;1-9-6-10(2)15(7-14(9)19)21-8-12-11(16(18)20)4-3-5-13(12)17;1-9-6-10(2)15(7-14(9)19)21-8-12-11(16(17)20)4-3-5-13(12)18/h3-5,8-9,13H,6-7,10H2,1-2H3;5-9H,4,10H2,1-3H3;2*4-8H,9H2,1-3H3;2*3-7H,8H2,1-2H3. The molecule has 676 valence electrons. The van der Waals surface area contributed by atoms with E-state index in [9.17, 15) is 28.8 Å². The lowest BCUT2D eigenvalue weighted by molar-refractivity contribution is 0.108. The van der Waals surface area contributed by atoms with Gasteiger partial charge in [0.25, 0.3) is 0 Å². The third-order valence-corrected chi connectivity index (χ3v) is 27.3. The molecule has 129 heavy (non-hydrogen) atoms. The molecule has 1 fully saturated rings. The molecule has 26 heteroatoms. The summed E-state index contributed by atoms with van der Waals surface area (Å²) in [5.74, 6) is 4.94. The zero-order valence-electron chi connectivity index (χ0n) is 73.5. The molecule has 0 bridgehead atoms. The third kappa shape index (κ3) is 30.7. The Morgan fingerprint density at radius 1 is 0.264 bits per heavy atom. The fourth-order valence-corrected chi connectivity index (χ4v) is 17.5. The zero-order valence-corrected chi connectivity index (χ0v) is 89.8. The maximum atomic E-state index is 11.9. The second-order valence-electron chi connectivity index (χ2n) is 30.8. The average Bonchev–Trinajstić information content (AvgIpc) is 1.67. The lowest BCUT2D eigenvalue weighted by Gasteiger charge is -2.15. The highest BCUT2D eigenvalue weighted by Gasteiger charge is 2.29. The van der Waals surface area contributed by atoms with Gasteiger partial charge in [0.05, 0.1) is 0 Å². The molecule has 13 rings (SSSR count). The molecule has 1 aliphatic rings. The van der Waals surface area contributed by atoms with Gasteiger partial charge in [0.15, 0.2) is 0 Å². The van der Waals surface area contributed by atoms with Gasteiger partial charge in [0.2, 0.25) is 28.2 Å². The normalized spacial score (nSPS) is 11.1. The molecule has 1 saturated carbocycles. The number of aryl methyl sites for hydroxylation is 15. The fraction of sp³-hybridized carbons (Fsp3) is 0.243. The molecule has 12 aromatic rings. The van der Waals surface area contributed by atoms with Crippen LogP contribution in [0.15, 0.2) is 186 Å². The van der Waals surface area contributed by atoms with E-state index in [4.69, 9.17) is 110 Å². The van der Waals surface area contributed by atoms with Crippen LogP contribution in [0.4, 0.5) is 0 Å². The molecule has 0 atom stereocenters. The van der Waals surface area contributed by atoms with E-state index in [0.29, 0.717) is 118 Å². The van der Waals surface area contributed by atoms with Gasteiger partial charge in [-0.3, -0.25) is 28.8 Å². The molecular formula is C103H94Br7Cl7O12. The monoisotopic (exact) mass is 2320 g/mol. The first-order valence-corrected chi connectivity index (χ1v) is 48.7. The predicted octanol–water partition coefficient (Wildman–Crippen LogP) is 33.9. The molecule has 12 nitrogen and oxygen atoms in total. The van der Waals surface area contributed by atoms with Gasteiger partial charge in [-0.2, -0.15) is 0 Å². The topological polar surface area (TPSA) is 158 Å². The van der Waals surface area contributed by atoms with Crippen LogP contribution >= 0.6 is 193 Å². The molecule has 0 heterocycles. The summed E-state index contributed by atoms with van der Waals surface area (Å²) in [4.78, 5) is 70.1. The van der Waals surface area contributed by atoms with Crippen LogP contribution < -0.4 is 28.4 Å². The quantitative estimate of drug-likeness (QED) is 0.0473. The predicted molar refractivity (Wildman–Crippen MR) is 553 cm³/mol. The van der Waals surface area contributed by atoms with Crippen LogP contribution in [0.2, 0.25) is 35.2 Å². The number of benzene rings is 12. The Kier molecular flexibility index (Phi) is 42.2. The van der Waals surface area contributed by atoms with E-state index in [-0.39, 0.29) is 41.4 Å². The van der Waals surface area contributed by atoms with Crippen molar-refractivity contribution in [1.29, 1.82) is 0 Å². The Morgan fingerprint density at radius 3 is 0.798 bits per heavy atom. The van der Waals surface area contributed by atoms with Crippen molar-refractivity contribution < 1.29 is 57.2 Å². The molecule has 0 saturated heterocycles. The first-order valence-electron chi connectivity index (χ1n) is 40.5. The van der Waals surface area contributed by atoms with E-state index in [1.807, 2.05) is 224 Å². The van der Waals surface area contributed by atoms with E-state index in [2.05, 4.69) is 124 Å². The minimum atomic E-state index is -0.220. The Labute approximate surface area is 849 Å². The average molecular weight is 2330 g/mol. The van der Waals surface area contributed by atoms with E-state index in [1.165, 1.54) is 18.4 Å². The molecule has 0 unspecified atom stereocenters. The van der Waals surface area contributed by atoms with Crippen LogP contribution in [0.3, 0.4) is 0 Å². The van der Waals surface area contributed by atoms with Crippen molar-refractivity contribution in [2.24, 2.45) is 0 Å². The Bertz CT molecular complexity index is 5690. The maximum Gasteiger partial charge on any atom is 0.228 e. The van der Waals surface area contributed by atoms with Crippen molar-refractivity contribution in [3.05, 3.63) is 377 Å². The van der Waals surface area contributed by atoms with E-state index in [1.54, 1.807) is 48.5 Å². The van der Waals surface area contributed by atoms with Crippen LogP contribution in [0.1, 0.15) is 210 Å². The SMILES string of the molecule is CCc1cccc(C(=O)Br)c1COc1cc(Cl)c(C)cc1C.Cc1cc(C)c(OCc2c(Br)cccc2C(=O)Br)cc1Cl.Cc1cc(C)c(OCc2c(C(=O)Br)cccc2C2CC2)cc1Cl.Cc1cc(C)c(OCc2c(C)cccc2C(=O)Br)cc1Cl.Cc1cc(C)c(OCc2c(C)cccc2C(=O)Br)cc1Cl.Cc1cc(C)c(OCc2c(Cl)cccc2C(=O)Br)cc1Cl. The largest absolute Gasteiger partial charge is 0.489 e. The number of carbonyl (C=O) groups excluding carboxylic acids is 6. The number of hydrogen-bond acceptors (Lipinski definition) is 12. The van der Waals surface area contributed by atoms with Gasteiger partial charge in [-0.25, -0.2) is 0 Å². The van der Waals surface area contributed by atoms with Gasteiger partial charge in [0.1, 0.15) is 74.1 Å². The van der Waals surface area contributed by atoms with Crippen LogP contribution in [0, 0.1) is 96.9 Å². The van der Waals surface area contributed by atoms with Crippen molar-refractivity contribution >= 4 is 221 Å². The summed E-state index contributed by atoms with van der Waals surface area (Å²) in [6.45, 7) is 31.5. The molecule has 1 aliphatic carbocycles. The van der Waals surface area contributed by atoms with E-state index >= 15 is 0 Å². The number of carbonyl (C=O) groups is 6. The van der Waals surface area contributed by atoms with Crippen LogP contribution in [-0.2, 0) is 46.1 Å². The number of hydrogen-bond donors (Lipinski definition) is 0. The maximum absolute atomic E-state index is 11.9. The third-order valence-electron chi connectivity index (χ3n) is 21.2. The van der Waals surface area contributed by atoms with Gasteiger partial charge in [-0.05, 0) is 361 Å². The second-order valence-corrected chi connectivity index (χ2v) is 38.8. The van der Waals surface area contributed by atoms with Crippen molar-refractivity contribution in [2.75, 3.05) is 0 Å². The summed E-state index contributed by atoms with van der Waals surface area (Å²) in [6, 6.07) is 56.3. The van der Waals surface area contributed by atoms with E-state index < -0.39 is 0 Å². The van der Waals surface area contributed by atoms with E-state index in [0.717, 1.165) is 145 Å². The summed E-state index contributed by atoms with van der Waals surface area (Å²) in [5, 5.41) is 4.54. The zero-order chi connectivity index (χ0) is 95.1. The molecule has 0 radical (unpaired) electrons. The summed E-state index contributed by atoms with van der Waals surface area (Å²) in [6.07, 6.45) is 3.21. The molecular weight excluding hydrogens is 2240 g/mol. The Morgan fingerprint density at radius 2 is 0.496 bits per heavy atom. The van der Waals surface area contributed by atoms with Crippen molar-refractivity contribution in [2.45, 2.75) is 169 Å². The van der Waals surface area contributed by atoms with Crippen LogP contribution in [-0.4, -0.2) is 28.2 Å². The molecule has 0 spiro atoms. The highest BCUT2D eigenvalue weighted by atomic mass is 79.9. The van der Waals surface area contributed by atoms with Crippen LogP contribution in [0.5, 0.6) is 34.5 Å². The molecule has 0 aliphatic heterocycles. The second kappa shape index (κ2) is 50.8. The number of rotatable bonds is 26. The fourth-order valence-electron chi connectivity index (χ4n) is 13.7. The lowest BCUT2D eigenvalue weighted by Crippen LogP contribution is -2.07. The highest BCUT2D eigenvalue weighted by Crippen LogP contribution is 2.44. The van der Waals surface area contributed by atoms with Crippen molar-refractivity contribution in [3.63, 3.8) is 0 Å². The molecule has 12 aromatic carbocycles. The minimum Gasteiger partial charge on any atom is -0.489 e. The highest BCUT2D eigenvalue weighted by molar-refractivity contribution is 9.19. The smallest absolute Gasteiger partial charge is 0.228 e. The van der Waals surface area contributed by atoms with Crippen molar-refractivity contribution in [1.82, 2.24) is 0 Å². The molecule has 0 amide bonds. The van der Waals surface area contributed by atoms with Gasteiger partial charge in [-0.1, -0.05) is 231 Å². The van der Waals surface area contributed by atoms with Gasteiger partial charge < -0.3 is 28.4 Å². The summed E-state index contributed by atoms with van der Waals surface area (Å²) >= 11 is 64.6. The first-order chi connectivity index (χ1) is 61.0. The Balaban J connectivity index is 0.000000191. The van der Waals surface area contributed by atoms with Crippen molar-refractivity contribution in [3.8, 4) is 34.5 Å². The minimum absolute atomic E-state index is 0.0998. The number of ether oxygens (including phenoxy) is 6. The summed E-state index contributed by atoms with van der Waals surface area (Å²) in [5.41, 5.74) is 25.4. The van der Waals surface area contributed by atoms with Gasteiger partial charge >= 0.3 is 0 Å². The summed E-state index contributed by atoms with van der Waals surface area (Å²) in [7, 11) is 0. The molecule has 0 N–H and O–H groups in total. The number of halogens is 14. The molecule has 0 aromatic heterocycles.